The minimum absolute atomic E-state index is 0.537. The van der Waals surface area contributed by atoms with E-state index >= 15 is 0 Å². The van der Waals surface area contributed by atoms with Crippen LogP contribution in [-0.4, -0.2) is 14.8 Å². The zero-order valence-corrected chi connectivity index (χ0v) is 13.7. The number of thiazole rings is 1. The van der Waals surface area contributed by atoms with Crippen molar-refractivity contribution in [2.75, 3.05) is 5.73 Å². The van der Waals surface area contributed by atoms with Crippen LogP contribution in [0, 0.1) is 6.92 Å². The van der Waals surface area contributed by atoms with E-state index in [2.05, 4.69) is 10.1 Å². The second kappa shape index (κ2) is 5.33. The maximum Gasteiger partial charge on any atom is 0.130 e. The first-order valence-corrected chi connectivity index (χ1v) is 7.81. The van der Waals surface area contributed by atoms with Gasteiger partial charge in [-0.05, 0) is 19.1 Å². The van der Waals surface area contributed by atoms with Crippen LogP contribution in [0.2, 0.25) is 10.0 Å². The van der Waals surface area contributed by atoms with E-state index in [-0.39, 0.29) is 0 Å². The topological polar surface area (TPSA) is 56.7 Å². The summed E-state index contributed by atoms with van der Waals surface area (Å²) >= 11 is 13.8. The van der Waals surface area contributed by atoms with Gasteiger partial charge in [0.2, 0.25) is 0 Å². The molecule has 0 atom stereocenters. The van der Waals surface area contributed by atoms with E-state index in [1.807, 2.05) is 18.4 Å². The van der Waals surface area contributed by atoms with Gasteiger partial charge in [-0.1, -0.05) is 29.3 Å². The van der Waals surface area contributed by atoms with Crippen molar-refractivity contribution in [3.8, 4) is 22.5 Å². The van der Waals surface area contributed by atoms with E-state index < -0.39 is 0 Å². The highest BCUT2D eigenvalue weighted by Gasteiger charge is 2.21. The molecule has 3 aromatic rings. The van der Waals surface area contributed by atoms with E-state index in [0.29, 0.717) is 15.9 Å². The van der Waals surface area contributed by atoms with Gasteiger partial charge in [0.1, 0.15) is 17.2 Å². The summed E-state index contributed by atoms with van der Waals surface area (Å²) in [4.78, 5) is 4.49. The molecule has 0 spiro atoms. The molecule has 3 rings (SSSR count). The summed E-state index contributed by atoms with van der Waals surface area (Å²) in [5, 5.41) is 8.53. The Bertz CT molecular complexity index is 822. The molecule has 0 amide bonds. The number of rotatable bonds is 2. The van der Waals surface area contributed by atoms with E-state index in [1.165, 1.54) is 0 Å². The molecule has 0 fully saturated rings. The average molecular weight is 339 g/mol. The van der Waals surface area contributed by atoms with Crippen LogP contribution in [-0.2, 0) is 7.05 Å². The Morgan fingerprint density at radius 1 is 1.29 bits per heavy atom. The first-order valence-electron chi connectivity index (χ1n) is 6.17. The molecule has 0 aliphatic carbocycles. The molecular weight excluding hydrogens is 327 g/mol. The van der Waals surface area contributed by atoms with Crippen molar-refractivity contribution >= 4 is 40.4 Å². The third kappa shape index (κ3) is 2.52. The summed E-state index contributed by atoms with van der Waals surface area (Å²) in [6.45, 7) is 1.95. The van der Waals surface area contributed by atoms with Crippen molar-refractivity contribution in [2.24, 2.45) is 7.05 Å². The molecule has 2 N–H and O–H groups in total. The molecular formula is C14H12Cl2N4S. The molecule has 0 radical (unpaired) electrons. The van der Waals surface area contributed by atoms with Crippen LogP contribution in [0.15, 0.2) is 23.6 Å². The summed E-state index contributed by atoms with van der Waals surface area (Å²) in [5.41, 5.74) is 9.27. The molecule has 7 heteroatoms. The van der Waals surface area contributed by atoms with Gasteiger partial charge in [-0.3, -0.25) is 4.68 Å². The molecule has 21 heavy (non-hydrogen) atoms. The van der Waals surface area contributed by atoms with Crippen molar-refractivity contribution in [1.82, 2.24) is 14.8 Å². The largest absolute Gasteiger partial charge is 0.383 e. The summed E-state index contributed by atoms with van der Waals surface area (Å²) in [6.07, 6.45) is 0. The molecule has 0 saturated carbocycles. The number of hydrogen-bond donors (Lipinski definition) is 1. The van der Waals surface area contributed by atoms with Crippen LogP contribution in [0.4, 0.5) is 5.82 Å². The maximum absolute atomic E-state index is 6.32. The zero-order valence-electron chi connectivity index (χ0n) is 11.4. The molecule has 0 bridgehead atoms. The highest BCUT2D eigenvalue weighted by atomic mass is 35.5. The van der Waals surface area contributed by atoms with Crippen LogP contribution in [0.5, 0.6) is 0 Å². The zero-order chi connectivity index (χ0) is 15.1. The van der Waals surface area contributed by atoms with E-state index in [1.54, 1.807) is 35.2 Å². The van der Waals surface area contributed by atoms with Crippen LogP contribution in [0.25, 0.3) is 22.5 Å². The Morgan fingerprint density at radius 2 is 2.05 bits per heavy atom. The van der Waals surface area contributed by atoms with Gasteiger partial charge >= 0.3 is 0 Å². The Balaban J connectivity index is 2.26. The number of halogens is 2. The standard InChI is InChI=1S/C14H12Cl2N4S/c1-7-18-11(6-21-7)13-12(14(17)20(2)19-13)9-4-3-8(15)5-10(9)16/h3-6H,17H2,1-2H3. The van der Waals surface area contributed by atoms with E-state index in [0.717, 1.165) is 27.5 Å². The predicted molar refractivity (Wildman–Crippen MR) is 88.9 cm³/mol. The second-order valence-corrected chi connectivity index (χ2v) is 6.51. The van der Waals surface area contributed by atoms with Gasteiger partial charge in [0.25, 0.3) is 0 Å². The maximum atomic E-state index is 6.32. The fourth-order valence-corrected chi connectivity index (χ4v) is 3.25. The summed E-state index contributed by atoms with van der Waals surface area (Å²) in [6, 6.07) is 5.33. The average Bonchev–Trinajstić information content (AvgIpc) is 2.96. The van der Waals surface area contributed by atoms with Gasteiger partial charge in [-0.15, -0.1) is 11.3 Å². The monoisotopic (exact) mass is 338 g/mol. The van der Waals surface area contributed by atoms with E-state index in [9.17, 15) is 0 Å². The number of aryl methyl sites for hydroxylation is 2. The highest BCUT2D eigenvalue weighted by Crippen LogP contribution is 2.40. The van der Waals surface area contributed by atoms with Crippen molar-refractivity contribution in [2.45, 2.75) is 6.92 Å². The molecule has 2 aromatic heterocycles. The first kappa shape index (κ1) is 14.4. The Kier molecular flexibility index (Phi) is 3.65. The molecule has 0 aliphatic heterocycles. The van der Waals surface area contributed by atoms with Crippen molar-refractivity contribution in [1.29, 1.82) is 0 Å². The lowest BCUT2D eigenvalue weighted by molar-refractivity contribution is 0.781. The third-order valence-corrected chi connectivity index (χ3v) is 4.47. The number of benzene rings is 1. The molecule has 0 unspecified atom stereocenters. The first-order chi connectivity index (χ1) is 9.97. The fourth-order valence-electron chi connectivity index (χ4n) is 2.15. The lowest BCUT2D eigenvalue weighted by Crippen LogP contribution is -1.98. The summed E-state index contributed by atoms with van der Waals surface area (Å²) in [7, 11) is 1.80. The quantitative estimate of drug-likeness (QED) is 0.752. The van der Waals surface area contributed by atoms with Gasteiger partial charge < -0.3 is 5.73 Å². The SMILES string of the molecule is Cc1nc(-c2nn(C)c(N)c2-c2ccc(Cl)cc2Cl)cs1. The molecule has 0 saturated heterocycles. The van der Waals surface area contributed by atoms with Gasteiger partial charge in [0, 0.05) is 23.0 Å². The van der Waals surface area contributed by atoms with Crippen molar-refractivity contribution in [3.05, 3.63) is 38.6 Å². The molecule has 108 valence electrons. The number of nitrogen functional groups attached to an aromatic ring is 1. The van der Waals surface area contributed by atoms with E-state index in [4.69, 9.17) is 28.9 Å². The van der Waals surface area contributed by atoms with Crippen molar-refractivity contribution < 1.29 is 0 Å². The van der Waals surface area contributed by atoms with Gasteiger partial charge in [0.05, 0.1) is 15.6 Å². The molecule has 1 aromatic carbocycles. The minimum atomic E-state index is 0.537. The smallest absolute Gasteiger partial charge is 0.130 e. The van der Waals surface area contributed by atoms with Crippen LogP contribution >= 0.6 is 34.5 Å². The van der Waals surface area contributed by atoms with Gasteiger partial charge in [0.15, 0.2) is 0 Å². The highest BCUT2D eigenvalue weighted by molar-refractivity contribution is 7.09. The van der Waals surface area contributed by atoms with Crippen LogP contribution in [0.3, 0.4) is 0 Å². The number of nitrogens with zero attached hydrogens (tertiary/aromatic N) is 3. The molecule has 0 aliphatic rings. The Labute approximate surface area is 136 Å². The molecule has 4 nitrogen and oxygen atoms in total. The normalized spacial score (nSPS) is 11.0. The second-order valence-electron chi connectivity index (χ2n) is 4.61. The number of anilines is 1. The lowest BCUT2D eigenvalue weighted by Gasteiger charge is -2.06. The fraction of sp³-hybridized carbons (Fsp3) is 0.143. The Hall–Kier alpha value is -1.56. The third-order valence-electron chi connectivity index (χ3n) is 3.15. The van der Waals surface area contributed by atoms with Crippen LogP contribution < -0.4 is 5.73 Å². The number of aromatic nitrogens is 3. The predicted octanol–water partition coefficient (Wildman–Crippen LogP) is 4.41. The van der Waals surface area contributed by atoms with Crippen molar-refractivity contribution in [3.63, 3.8) is 0 Å². The summed E-state index contributed by atoms with van der Waals surface area (Å²) < 4.78 is 1.63. The van der Waals surface area contributed by atoms with Gasteiger partial charge in [-0.25, -0.2) is 4.98 Å². The number of hydrogen-bond acceptors (Lipinski definition) is 4. The number of nitrogens with two attached hydrogens (primary N) is 1. The van der Waals surface area contributed by atoms with Crippen LogP contribution in [0.1, 0.15) is 5.01 Å². The summed E-state index contributed by atoms with van der Waals surface area (Å²) in [5.74, 6) is 0.542. The van der Waals surface area contributed by atoms with Gasteiger partial charge in [-0.2, -0.15) is 5.10 Å². The molecule has 2 heterocycles. The lowest BCUT2D eigenvalue weighted by atomic mass is 10.0. The Morgan fingerprint density at radius 3 is 2.67 bits per heavy atom. The minimum Gasteiger partial charge on any atom is -0.383 e.